The molecule has 12 heteroatoms. The first-order chi connectivity index (χ1) is 16.5. The second kappa shape index (κ2) is 11.3. The van der Waals surface area contributed by atoms with Crippen LogP contribution in [0.5, 0.6) is 5.75 Å². The first kappa shape index (κ1) is 26.1. The highest BCUT2D eigenvalue weighted by molar-refractivity contribution is 6.33. The van der Waals surface area contributed by atoms with Crippen LogP contribution >= 0.6 is 11.6 Å². The number of carbonyl (C=O) groups is 3. The van der Waals surface area contributed by atoms with Gasteiger partial charge in [0.1, 0.15) is 11.8 Å². The van der Waals surface area contributed by atoms with Gasteiger partial charge >= 0.3 is 12.5 Å². The third kappa shape index (κ3) is 7.25. The van der Waals surface area contributed by atoms with Crippen LogP contribution in [0.4, 0.5) is 23.7 Å². The fourth-order valence-electron chi connectivity index (χ4n) is 3.86. The summed E-state index contributed by atoms with van der Waals surface area (Å²) in [6, 6.07) is 9.20. The predicted octanol–water partition coefficient (Wildman–Crippen LogP) is 4.88. The number of anilines is 1. The van der Waals surface area contributed by atoms with Crippen LogP contribution in [0.1, 0.15) is 25.7 Å². The highest BCUT2D eigenvalue weighted by atomic mass is 35.5. The lowest BCUT2D eigenvalue weighted by molar-refractivity contribution is -0.274. The van der Waals surface area contributed by atoms with E-state index in [1.165, 1.54) is 41.3 Å². The molecule has 1 aliphatic rings. The number of piperidine rings is 1. The Morgan fingerprint density at radius 3 is 2.54 bits per heavy atom. The largest absolute Gasteiger partial charge is 0.573 e. The molecule has 1 heterocycles. The van der Waals surface area contributed by atoms with Crippen LogP contribution in [0.2, 0.25) is 5.02 Å². The normalized spacial score (nSPS) is 15.9. The lowest BCUT2D eigenvalue weighted by Crippen LogP contribution is -2.50. The first-order valence-electron chi connectivity index (χ1n) is 10.8. The predicted molar refractivity (Wildman–Crippen MR) is 122 cm³/mol. The van der Waals surface area contributed by atoms with Crippen LogP contribution in [0, 0.1) is 0 Å². The number of nitrogens with one attached hydrogen (secondary N) is 2. The van der Waals surface area contributed by atoms with Crippen LogP contribution in [-0.2, 0) is 9.59 Å². The lowest BCUT2D eigenvalue weighted by Gasteiger charge is -2.34. The summed E-state index contributed by atoms with van der Waals surface area (Å²) in [5.74, 6) is -1.19. The van der Waals surface area contributed by atoms with E-state index in [-0.39, 0.29) is 35.0 Å². The number of benzene rings is 2. The minimum absolute atomic E-state index is 0.0599. The Kier molecular flexibility index (Phi) is 8.44. The maximum absolute atomic E-state index is 12.9. The van der Waals surface area contributed by atoms with E-state index in [1.807, 2.05) is 0 Å². The molecular formula is C23H23ClF3N3O5. The molecule has 1 saturated heterocycles. The van der Waals surface area contributed by atoms with Crippen molar-refractivity contribution in [2.24, 2.45) is 0 Å². The van der Waals surface area contributed by atoms with Crippen molar-refractivity contribution >= 4 is 35.2 Å². The zero-order chi connectivity index (χ0) is 25.6. The molecule has 3 rings (SSSR count). The van der Waals surface area contributed by atoms with Gasteiger partial charge in [-0.3, -0.25) is 9.59 Å². The van der Waals surface area contributed by atoms with Gasteiger partial charge in [0, 0.05) is 36.3 Å². The smallest absolute Gasteiger partial charge is 0.465 e. The Hall–Kier alpha value is -3.47. The zero-order valence-corrected chi connectivity index (χ0v) is 19.2. The third-order valence-corrected chi connectivity index (χ3v) is 5.69. The van der Waals surface area contributed by atoms with E-state index < -0.39 is 30.2 Å². The van der Waals surface area contributed by atoms with E-state index >= 15 is 0 Å². The van der Waals surface area contributed by atoms with Crippen molar-refractivity contribution in [2.75, 3.05) is 18.4 Å². The third-order valence-electron chi connectivity index (χ3n) is 5.38. The SMILES string of the molecule is O=C(O)NCCC(=O)N1CCCCC1C(=O)Nc1ccc(-c2ccccc2OC(F)(F)F)c(Cl)c1. The average Bonchev–Trinajstić information content (AvgIpc) is 2.78. The highest BCUT2D eigenvalue weighted by Crippen LogP contribution is 2.38. The monoisotopic (exact) mass is 513 g/mol. The molecule has 3 amide bonds. The zero-order valence-electron chi connectivity index (χ0n) is 18.4. The van der Waals surface area contributed by atoms with Gasteiger partial charge in [0.2, 0.25) is 11.8 Å². The quantitative estimate of drug-likeness (QED) is 0.489. The molecule has 1 atom stereocenters. The molecule has 0 aromatic heterocycles. The number of nitrogens with zero attached hydrogens (tertiary/aromatic N) is 1. The van der Waals surface area contributed by atoms with Gasteiger partial charge in [-0.2, -0.15) is 0 Å². The van der Waals surface area contributed by atoms with Crippen molar-refractivity contribution in [3.8, 4) is 16.9 Å². The van der Waals surface area contributed by atoms with Crippen molar-refractivity contribution in [1.82, 2.24) is 10.2 Å². The number of likely N-dealkylation sites (tertiary alicyclic amines) is 1. The van der Waals surface area contributed by atoms with Gasteiger partial charge in [0.05, 0.1) is 5.02 Å². The molecule has 1 unspecified atom stereocenters. The molecule has 188 valence electrons. The van der Waals surface area contributed by atoms with E-state index in [9.17, 15) is 27.6 Å². The van der Waals surface area contributed by atoms with Gasteiger partial charge in [0.25, 0.3) is 0 Å². The summed E-state index contributed by atoms with van der Waals surface area (Å²) < 4.78 is 42.4. The standard InChI is InChI=1S/C23H23ClF3N3O5/c24-17-13-14(8-9-15(17)16-5-1-2-7-19(16)35-23(25,26)27)29-21(32)18-6-3-4-12-30(18)20(31)10-11-28-22(33)34/h1-2,5,7-9,13,18,28H,3-4,6,10-12H2,(H,29,32)(H,33,34). The first-order valence-corrected chi connectivity index (χ1v) is 11.1. The van der Waals surface area contributed by atoms with Crippen molar-refractivity contribution < 1.29 is 37.4 Å². The van der Waals surface area contributed by atoms with Crippen molar-refractivity contribution in [2.45, 2.75) is 38.1 Å². The fraction of sp³-hybridized carbons (Fsp3) is 0.348. The molecule has 1 aliphatic heterocycles. The van der Waals surface area contributed by atoms with E-state index in [1.54, 1.807) is 6.07 Å². The van der Waals surface area contributed by atoms with Crippen molar-refractivity contribution in [3.05, 3.63) is 47.5 Å². The number of ether oxygens (including phenoxy) is 1. The van der Waals surface area contributed by atoms with Crippen molar-refractivity contribution in [1.29, 1.82) is 0 Å². The molecule has 0 bridgehead atoms. The Morgan fingerprint density at radius 1 is 1.11 bits per heavy atom. The summed E-state index contributed by atoms with van der Waals surface area (Å²) in [5.41, 5.74) is 0.722. The minimum atomic E-state index is -4.87. The molecule has 2 aromatic carbocycles. The van der Waals surface area contributed by atoms with Crippen LogP contribution in [0.15, 0.2) is 42.5 Å². The topological polar surface area (TPSA) is 108 Å². The maximum atomic E-state index is 12.9. The number of carboxylic acid groups (broad SMARTS) is 1. The fourth-order valence-corrected chi connectivity index (χ4v) is 4.14. The van der Waals surface area contributed by atoms with Gasteiger partial charge < -0.3 is 25.4 Å². The van der Waals surface area contributed by atoms with E-state index in [4.69, 9.17) is 16.7 Å². The van der Waals surface area contributed by atoms with Crippen LogP contribution in [0.25, 0.3) is 11.1 Å². The Bertz CT molecular complexity index is 1100. The molecule has 35 heavy (non-hydrogen) atoms. The molecule has 0 radical (unpaired) electrons. The molecule has 3 N–H and O–H groups in total. The highest BCUT2D eigenvalue weighted by Gasteiger charge is 2.33. The van der Waals surface area contributed by atoms with Crippen LogP contribution in [-0.4, -0.2) is 53.4 Å². The summed E-state index contributed by atoms with van der Waals surface area (Å²) in [4.78, 5) is 37.5. The molecule has 0 saturated carbocycles. The van der Waals surface area contributed by atoms with Crippen LogP contribution < -0.4 is 15.4 Å². The second-order valence-corrected chi connectivity index (χ2v) is 8.22. The Labute approximate surface area is 204 Å². The maximum Gasteiger partial charge on any atom is 0.573 e. The van der Waals surface area contributed by atoms with Gasteiger partial charge in [-0.1, -0.05) is 35.9 Å². The van der Waals surface area contributed by atoms with Crippen LogP contribution in [0.3, 0.4) is 0 Å². The van der Waals surface area contributed by atoms with Gasteiger partial charge in [-0.15, -0.1) is 13.2 Å². The number of alkyl halides is 3. The van der Waals surface area contributed by atoms with Gasteiger partial charge in [0.15, 0.2) is 0 Å². The number of amides is 3. The summed E-state index contributed by atoms with van der Waals surface area (Å²) in [5, 5.41) is 13.6. The summed E-state index contributed by atoms with van der Waals surface area (Å²) in [6.07, 6.45) is -4.27. The molecule has 2 aromatic rings. The number of hydrogen-bond acceptors (Lipinski definition) is 4. The van der Waals surface area contributed by atoms with E-state index in [2.05, 4.69) is 15.4 Å². The number of carbonyl (C=O) groups excluding carboxylic acids is 2. The van der Waals surface area contributed by atoms with Gasteiger partial charge in [-0.25, -0.2) is 4.79 Å². The second-order valence-electron chi connectivity index (χ2n) is 7.81. The summed E-state index contributed by atoms with van der Waals surface area (Å²) >= 11 is 6.33. The molecular weight excluding hydrogens is 491 g/mol. The van der Waals surface area contributed by atoms with E-state index in [0.29, 0.717) is 18.7 Å². The molecule has 8 nitrogen and oxygen atoms in total. The number of halogens is 4. The summed E-state index contributed by atoms with van der Waals surface area (Å²) in [6.45, 7) is 0.315. The molecule has 0 spiro atoms. The lowest BCUT2D eigenvalue weighted by atomic mass is 10.0. The number of para-hydroxylation sites is 1. The Morgan fingerprint density at radius 2 is 1.86 bits per heavy atom. The number of hydrogen-bond donors (Lipinski definition) is 3. The molecule has 0 aliphatic carbocycles. The average molecular weight is 514 g/mol. The Balaban J connectivity index is 1.73. The van der Waals surface area contributed by atoms with E-state index in [0.717, 1.165) is 12.8 Å². The summed E-state index contributed by atoms with van der Waals surface area (Å²) in [7, 11) is 0. The number of rotatable bonds is 7. The van der Waals surface area contributed by atoms with Crippen molar-refractivity contribution in [3.63, 3.8) is 0 Å². The minimum Gasteiger partial charge on any atom is -0.465 e. The van der Waals surface area contributed by atoms with Gasteiger partial charge in [-0.05, 0) is 37.5 Å². The molecule has 1 fully saturated rings.